The highest BCUT2D eigenvalue weighted by atomic mass is 32.2. The van der Waals surface area contributed by atoms with E-state index in [4.69, 9.17) is 10.2 Å². The number of carbonyl (C=O) groups excluding carboxylic acids is 2. The Morgan fingerprint density at radius 3 is 2.59 bits per heavy atom. The van der Waals surface area contributed by atoms with E-state index in [2.05, 4.69) is 15.5 Å². The Morgan fingerprint density at radius 1 is 1.09 bits per heavy atom. The summed E-state index contributed by atoms with van der Waals surface area (Å²) in [6.07, 6.45) is 1.60. The molecular formula is C23H21N5O3S. The van der Waals surface area contributed by atoms with E-state index in [0.717, 1.165) is 16.9 Å². The zero-order valence-electron chi connectivity index (χ0n) is 17.3. The number of nitrogens with zero attached hydrogens (tertiary/aromatic N) is 3. The summed E-state index contributed by atoms with van der Waals surface area (Å²) >= 11 is 1.19. The number of rotatable bonds is 7. The fourth-order valence-corrected chi connectivity index (χ4v) is 4.30. The van der Waals surface area contributed by atoms with Crippen molar-refractivity contribution in [2.45, 2.75) is 23.9 Å². The highest BCUT2D eigenvalue weighted by Gasteiger charge is 2.27. The van der Waals surface area contributed by atoms with Crippen molar-refractivity contribution >= 4 is 23.7 Å². The number of amides is 3. The molecule has 9 heteroatoms. The first kappa shape index (κ1) is 21.4. The Morgan fingerprint density at radius 2 is 1.91 bits per heavy atom. The molecule has 0 fully saturated rings. The lowest BCUT2D eigenvalue weighted by Crippen LogP contribution is -2.37. The zero-order valence-corrected chi connectivity index (χ0v) is 18.1. The summed E-state index contributed by atoms with van der Waals surface area (Å²) in [7, 11) is 0. The molecule has 4 rings (SSSR count). The van der Waals surface area contributed by atoms with Crippen LogP contribution in [0.2, 0.25) is 0 Å². The molecule has 0 saturated heterocycles. The second-order valence-corrected chi connectivity index (χ2v) is 8.18. The minimum Gasteiger partial charge on any atom is -0.467 e. The van der Waals surface area contributed by atoms with Crippen LogP contribution in [0.15, 0.2) is 82.6 Å². The largest absolute Gasteiger partial charge is 0.467 e. The maximum atomic E-state index is 12.8. The van der Waals surface area contributed by atoms with Crippen LogP contribution in [0.3, 0.4) is 0 Å². The van der Waals surface area contributed by atoms with Crippen LogP contribution in [-0.4, -0.2) is 26.7 Å². The lowest BCUT2D eigenvalue weighted by molar-refractivity contribution is -0.119. The molecule has 0 aliphatic carbocycles. The SMILES string of the molecule is Cc1cccc(-c2nnc(S[C@@H](C(=O)NC(N)=O)c3ccccc3)n2Cc2ccco2)c1. The van der Waals surface area contributed by atoms with Gasteiger partial charge in [-0.25, -0.2) is 4.79 Å². The number of hydrogen-bond donors (Lipinski definition) is 2. The van der Waals surface area contributed by atoms with Crippen molar-refractivity contribution in [2.24, 2.45) is 5.73 Å². The predicted octanol–water partition coefficient (Wildman–Crippen LogP) is 3.92. The highest BCUT2D eigenvalue weighted by Crippen LogP contribution is 2.36. The van der Waals surface area contributed by atoms with E-state index >= 15 is 0 Å². The monoisotopic (exact) mass is 447 g/mol. The molecule has 2 aromatic heterocycles. The fourth-order valence-electron chi connectivity index (χ4n) is 3.27. The summed E-state index contributed by atoms with van der Waals surface area (Å²) in [6, 6.07) is 19.8. The van der Waals surface area contributed by atoms with Crippen LogP contribution in [0.5, 0.6) is 0 Å². The van der Waals surface area contributed by atoms with Crippen molar-refractivity contribution < 1.29 is 14.0 Å². The van der Waals surface area contributed by atoms with Crippen molar-refractivity contribution in [1.29, 1.82) is 0 Å². The van der Waals surface area contributed by atoms with Gasteiger partial charge in [0.1, 0.15) is 11.0 Å². The average Bonchev–Trinajstić information content (AvgIpc) is 3.42. The van der Waals surface area contributed by atoms with E-state index in [1.54, 1.807) is 6.26 Å². The molecule has 0 radical (unpaired) electrons. The number of thioether (sulfide) groups is 1. The Kier molecular flexibility index (Phi) is 6.37. The third-order valence-corrected chi connectivity index (χ3v) is 5.93. The van der Waals surface area contributed by atoms with Gasteiger partial charge in [-0.1, -0.05) is 65.9 Å². The van der Waals surface area contributed by atoms with Crippen molar-refractivity contribution in [1.82, 2.24) is 20.1 Å². The molecule has 1 atom stereocenters. The Balaban J connectivity index is 1.75. The normalized spacial score (nSPS) is 11.8. The predicted molar refractivity (Wildman–Crippen MR) is 121 cm³/mol. The van der Waals surface area contributed by atoms with Gasteiger partial charge in [-0.3, -0.25) is 14.7 Å². The quantitative estimate of drug-likeness (QED) is 0.415. The second kappa shape index (κ2) is 9.52. The summed E-state index contributed by atoms with van der Waals surface area (Å²) in [6.45, 7) is 2.39. The number of nitrogens with one attached hydrogen (secondary N) is 1. The molecule has 0 spiro atoms. The van der Waals surface area contributed by atoms with Gasteiger partial charge < -0.3 is 10.2 Å². The van der Waals surface area contributed by atoms with Gasteiger partial charge in [-0.2, -0.15) is 0 Å². The highest BCUT2D eigenvalue weighted by molar-refractivity contribution is 8.00. The van der Waals surface area contributed by atoms with Gasteiger partial charge in [0.25, 0.3) is 0 Å². The van der Waals surface area contributed by atoms with Gasteiger partial charge in [0.2, 0.25) is 5.91 Å². The number of primary amides is 1. The van der Waals surface area contributed by atoms with Crippen LogP contribution in [-0.2, 0) is 11.3 Å². The van der Waals surface area contributed by atoms with Crippen LogP contribution in [0.4, 0.5) is 4.79 Å². The molecule has 0 aliphatic rings. The smallest absolute Gasteiger partial charge is 0.318 e. The minimum atomic E-state index is -0.908. The standard InChI is InChI=1S/C23H21N5O3S/c1-15-7-5-10-17(13-15)20-26-27-23(28(20)14-18-11-6-12-31-18)32-19(21(29)25-22(24)30)16-8-3-2-4-9-16/h2-13,19H,14H2,1H3,(H3,24,25,29,30)/t19-/m1/s1. The molecule has 162 valence electrons. The summed E-state index contributed by atoms with van der Waals surface area (Å²) in [4.78, 5) is 24.1. The van der Waals surface area contributed by atoms with E-state index in [1.165, 1.54) is 11.8 Å². The number of hydrogen-bond acceptors (Lipinski definition) is 6. The summed E-state index contributed by atoms with van der Waals surface area (Å²) in [5.41, 5.74) is 7.89. The minimum absolute atomic E-state index is 0.380. The lowest BCUT2D eigenvalue weighted by Gasteiger charge is -2.16. The molecule has 32 heavy (non-hydrogen) atoms. The molecule has 0 bridgehead atoms. The molecule has 0 saturated carbocycles. The molecule has 2 heterocycles. The number of imide groups is 1. The van der Waals surface area contributed by atoms with Crippen LogP contribution < -0.4 is 11.1 Å². The van der Waals surface area contributed by atoms with Crippen molar-refractivity contribution in [3.8, 4) is 11.4 Å². The van der Waals surface area contributed by atoms with Crippen LogP contribution in [0, 0.1) is 6.92 Å². The van der Waals surface area contributed by atoms with E-state index in [0.29, 0.717) is 23.1 Å². The third kappa shape index (κ3) is 4.89. The summed E-state index contributed by atoms with van der Waals surface area (Å²) in [5.74, 6) is 0.839. The first-order valence-corrected chi connectivity index (χ1v) is 10.7. The van der Waals surface area contributed by atoms with Crippen molar-refractivity contribution in [2.75, 3.05) is 0 Å². The number of carbonyl (C=O) groups is 2. The third-order valence-electron chi connectivity index (χ3n) is 4.70. The Labute approximate surface area is 188 Å². The number of benzene rings is 2. The molecular weight excluding hydrogens is 426 g/mol. The van der Waals surface area contributed by atoms with Gasteiger partial charge in [0.15, 0.2) is 11.0 Å². The first-order chi connectivity index (χ1) is 15.5. The van der Waals surface area contributed by atoms with Crippen LogP contribution in [0.1, 0.15) is 22.1 Å². The number of urea groups is 1. The number of aromatic nitrogens is 3. The summed E-state index contributed by atoms with van der Waals surface area (Å²) in [5, 5.41) is 10.7. The molecule has 2 aromatic carbocycles. The molecule has 3 amide bonds. The Hall–Kier alpha value is -3.85. The molecule has 8 nitrogen and oxygen atoms in total. The fraction of sp³-hybridized carbons (Fsp3) is 0.130. The van der Waals surface area contributed by atoms with E-state index < -0.39 is 17.2 Å². The lowest BCUT2D eigenvalue weighted by atomic mass is 10.1. The molecule has 0 unspecified atom stereocenters. The number of furan rings is 1. The van der Waals surface area contributed by atoms with Gasteiger partial charge in [-0.15, -0.1) is 10.2 Å². The zero-order chi connectivity index (χ0) is 22.5. The van der Waals surface area contributed by atoms with E-state index in [1.807, 2.05) is 78.2 Å². The average molecular weight is 448 g/mol. The van der Waals surface area contributed by atoms with Crippen molar-refractivity contribution in [3.63, 3.8) is 0 Å². The first-order valence-electron chi connectivity index (χ1n) is 9.86. The summed E-state index contributed by atoms with van der Waals surface area (Å²) < 4.78 is 7.43. The van der Waals surface area contributed by atoms with Crippen molar-refractivity contribution in [3.05, 3.63) is 89.9 Å². The second-order valence-electron chi connectivity index (χ2n) is 7.10. The van der Waals surface area contributed by atoms with E-state index in [-0.39, 0.29) is 0 Å². The Bertz CT molecular complexity index is 1220. The van der Waals surface area contributed by atoms with Gasteiger partial charge in [0, 0.05) is 5.56 Å². The topological polar surface area (TPSA) is 116 Å². The molecule has 0 aliphatic heterocycles. The van der Waals surface area contributed by atoms with Crippen LogP contribution >= 0.6 is 11.8 Å². The maximum Gasteiger partial charge on any atom is 0.318 e. The number of aryl methyl sites for hydroxylation is 1. The number of nitrogens with two attached hydrogens (primary N) is 1. The van der Waals surface area contributed by atoms with Gasteiger partial charge >= 0.3 is 6.03 Å². The molecule has 3 N–H and O–H groups in total. The van der Waals surface area contributed by atoms with Gasteiger partial charge in [-0.05, 0) is 30.7 Å². The molecule has 4 aromatic rings. The van der Waals surface area contributed by atoms with Gasteiger partial charge in [0.05, 0.1) is 12.8 Å². The van der Waals surface area contributed by atoms with E-state index in [9.17, 15) is 9.59 Å². The maximum absolute atomic E-state index is 12.8. The van der Waals surface area contributed by atoms with Crippen LogP contribution in [0.25, 0.3) is 11.4 Å².